The molecule has 106 valence electrons. The molecule has 7 heteroatoms. The van der Waals surface area contributed by atoms with Crippen LogP contribution in [-0.4, -0.2) is 13.0 Å². The van der Waals surface area contributed by atoms with Crippen molar-refractivity contribution in [3.63, 3.8) is 0 Å². The largest absolute Gasteiger partial charge is 0.495 e. The van der Waals surface area contributed by atoms with Crippen LogP contribution in [0.2, 0.25) is 0 Å². The summed E-state index contributed by atoms with van der Waals surface area (Å²) >= 11 is 8.42. The van der Waals surface area contributed by atoms with Gasteiger partial charge in [0.1, 0.15) is 5.75 Å². The molecule has 0 aliphatic carbocycles. The van der Waals surface area contributed by atoms with Crippen molar-refractivity contribution in [1.29, 1.82) is 0 Å². The van der Waals surface area contributed by atoms with E-state index in [-0.39, 0.29) is 0 Å². The molecular weight excluding hydrogens is 408 g/mol. The quantitative estimate of drug-likeness (QED) is 0.769. The van der Waals surface area contributed by atoms with Crippen molar-refractivity contribution in [2.45, 2.75) is 6.54 Å². The molecule has 3 N–H and O–H groups in total. The second-order valence-electron chi connectivity index (χ2n) is 3.99. The minimum atomic E-state index is -0.404. The van der Waals surface area contributed by atoms with Gasteiger partial charge in [0.2, 0.25) is 5.91 Å². The van der Waals surface area contributed by atoms with Gasteiger partial charge in [0.15, 0.2) is 0 Å². The third-order valence-electron chi connectivity index (χ3n) is 2.63. The highest BCUT2D eigenvalue weighted by Gasteiger charge is 2.08. The van der Waals surface area contributed by atoms with Crippen LogP contribution in [0.15, 0.2) is 32.5 Å². The van der Waals surface area contributed by atoms with E-state index in [1.165, 1.54) is 11.3 Å². The van der Waals surface area contributed by atoms with Crippen LogP contribution in [0.3, 0.4) is 0 Å². The van der Waals surface area contributed by atoms with E-state index >= 15 is 0 Å². The van der Waals surface area contributed by atoms with Gasteiger partial charge in [-0.3, -0.25) is 4.79 Å². The molecule has 0 saturated carbocycles. The first-order valence-electron chi connectivity index (χ1n) is 5.65. The summed E-state index contributed by atoms with van der Waals surface area (Å²) in [5, 5.41) is 5.05. The number of thiophene rings is 1. The lowest BCUT2D eigenvalue weighted by molar-refractivity contribution is 0.100. The number of carbonyl (C=O) groups excluding carboxylic acids is 1. The SMILES string of the molecule is COc1cc(NCc2cc(C(N)=O)cs2)c(Br)cc1Br. The molecule has 0 spiro atoms. The first kappa shape index (κ1) is 15.3. The van der Waals surface area contributed by atoms with Gasteiger partial charge in [-0.15, -0.1) is 11.3 Å². The standard InChI is InChI=1S/C13H12Br2N2O2S/c1-19-12-4-11(9(14)3-10(12)15)17-5-8-2-7(6-20-8)13(16)18/h2-4,6,17H,5H2,1H3,(H2,16,18). The Kier molecular flexibility index (Phi) is 5.06. The Morgan fingerprint density at radius 1 is 1.35 bits per heavy atom. The van der Waals surface area contributed by atoms with Gasteiger partial charge in [0.25, 0.3) is 0 Å². The molecule has 0 aliphatic rings. The number of methoxy groups -OCH3 is 1. The zero-order valence-electron chi connectivity index (χ0n) is 10.6. The Morgan fingerprint density at radius 3 is 2.70 bits per heavy atom. The van der Waals surface area contributed by atoms with Gasteiger partial charge in [-0.25, -0.2) is 0 Å². The highest BCUT2D eigenvalue weighted by Crippen LogP contribution is 2.34. The number of rotatable bonds is 5. The van der Waals surface area contributed by atoms with E-state index in [1.54, 1.807) is 18.6 Å². The Morgan fingerprint density at radius 2 is 2.10 bits per heavy atom. The number of benzene rings is 1. The highest BCUT2D eigenvalue weighted by molar-refractivity contribution is 9.11. The minimum Gasteiger partial charge on any atom is -0.495 e. The molecule has 0 bridgehead atoms. The van der Waals surface area contributed by atoms with Crippen LogP contribution in [0, 0.1) is 0 Å². The summed E-state index contributed by atoms with van der Waals surface area (Å²) in [5.74, 6) is 0.346. The molecule has 0 fully saturated rings. The molecule has 0 atom stereocenters. The summed E-state index contributed by atoms with van der Waals surface area (Å²) in [6.45, 7) is 0.612. The van der Waals surface area contributed by atoms with Crippen LogP contribution >= 0.6 is 43.2 Å². The predicted octanol–water partition coefficient (Wildman–Crippen LogP) is 3.99. The molecule has 2 rings (SSSR count). The Hall–Kier alpha value is -1.05. The second-order valence-corrected chi connectivity index (χ2v) is 6.69. The van der Waals surface area contributed by atoms with Crippen molar-refractivity contribution in [3.8, 4) is 5.75 Å². The molecule has 0 aliphatic heterocycles. The number of nitrogens with two attached hydrogens (primary N) is 1. The maximum absolute atomic E-state index is 11.0. The predicted molar refractivity (Wildman–Crippen MR) is 88.6 cm³/mol. The molecule has 20 heavy (non-hydrogen) atoms. The molecule has 2 aromatic rings. The molecule has 4 nitrogen and oxygen atoms in total. The maximum atomic E-state index is 11.0. The molecule has 1 aromatic heterocycles. The van der Waals surface area contributed by atoms with E-state index in [4.69, 9.17) is 10.5 Å². The smallest absolute Gasteiger partial charge is 0.249 e. The van der Waals surface area contributed by atoms with Gasteiger partial charge in [0, 0.05) is 27.3 Å². The fraction of sp³-hybridized carbons (Fsp3) is 0.154. The molecule has 0 unspecified atom stereocenters. The number of primary amides is 1. The summed E-state index contributed by atoms with van der Waals surface area (Å²) < 4.78 is 7.07. The first-order valence-corrected chi connectivity index (χ1v) is 8.12. The Labute approximate surface area is 137 Å². The van der Waals surface area contributed by atoms with Crippen molar-refractivity contribution in [1.82, 2.24) is 0 Å². The number of carbonyl (C=O) groups is 1. The number of halogens is 2. The van der Waals surface area contributed by atoms with Gasteiger partial charge >= 0.3 is 0 Å². The average molecular weight is 420 g/mol. The second kappa shape index (κ2) is 6.60. The third-order valence-corrected chi connectivity index (χ3v) is 4.85. The van der Waals surface area contributed by atoms with Crippen LogP contribution in [0.1, 0.15) is 15.2 Å². The van der Waals surface area contributed by atoms with E-state index in [9.17, 15) is 4.79 Å². The topological polar surface area (TPSA) is 64.3 Å². The first-order chi connectivity index (χ1) is 9.51. The number of nitrogens with one attached hydrogen (secondary N) is 1. The lowest BCUT2D eigenvalue weighted by Crippen LogP contribution is -2.09. The van der Waals surface area contributed by atoms with Gasteiger partial charge in [-0.2, -0.15) is 0 Å². The molecule has 1 heterocycles. The molecular formula is C13H12Br2N2O2S. The van der Waals surface area contributed by atoms with Crippen LogP contribution in [0.5, 0.6) is 5.75 Å². The van der Waals surface area contributed by atoms with Gasteiger partial charge in [0.05, 0.1) is 22.8 Å². The Balaban J connectivity index is 2.12. The number of hydrogen-bond donors (Lipinski definition) is 2. The fourth-order valence-electron chi connectivity index (χ4n) is 1.61. The van der Waals surface area contributed by atoms with Gasteiger partial charge < -0.3 is 15.8 Å². The lowest BCUT2D eigenvalue weighted by Gasteiger charge is -2.11. The van der Waals surface area contributed by atoms with Crippen molar-refractivity contribution in [2.75, 3.05) is 12.4 Å². The number of ether oxygens (including phenoxy) is 1. The minimum absolute atomic E-state index is 0.404. The summed E-state index contributed by atoms with van der Waals surface area (Å²) in [7, 11) is 1.62. The normalized spacial score (nSPS) is 10.3. The zero-order chi connectivity index (χ0) is 14.7. The van der Waals surface area contributed by atoms with Crippen LogP contribution < -0.4 is 15.8 Å². The Bertz CT molecular complexity index is 643. The van der Waals surface area contributed by atoms with E-state index in [1.807, 2.05) is 12.1 Å². The monoisotopic (exact) mass is 418 g/mol. The van der Waals surface area contributed by atoms with Crippen LogP contribution in [0.25, 0.3) is 0 Å². The molecule has 1 aromatic carbocycles. The van der Waals surface area contributed by atoms with Crippen molar-refractivity contribution in [2.24, 2.45) is 5.73 Å². The molecule has 1 amide bonds. The van der Waals surface area contributed by atoms with Gasteiger partial charge in [-0.05, 0) is 44.0 Å². The molecule has 0 radical (unpaired) electrons. The zero-order valence-corrected chi connectivity index (χ0v) is 14.6. The molecule has 0 saturated heterocycles. The van der Waals surface area contributed by atoms with Crippen molar-refractivity contribution < 1.29 is 9.53 Å². The van der Waals surface area contributed by atoms with Crippen LogP contribution in [-0.2, 0) is 6.54 Å². The van der Waals surface area contributed by atoms with Gasteiger partial charge in [-0.1, -0.05) is 0 Å². The third kappa shape index (κ3) is 3.53. The number of hydrogen-bond acceptors (Lipinski definition) is 4. The highest BCUT2D eigenvalue weighted by atomic mass is 79.9. The summed E-state index contributed by atoms with van der Waals surface area (Å²) in [4.78, 5) is 12.1. The lowest BCUT2D eigenvalue weighted by atomic mass is 10.2. The van der Waals surface area contributed by atoms with E-state index < -0.39 is 5.91 Å². The van der Waals surface area contributed by atoms with E-state index in [2.05, 4.69) is 37.2 Å². The van der Waals surface area contributed by atoms with Crippen molar-refractivity contribution >= 4 is 54.8 Å². The number of anilines is 1. The van der Waals surface area contributed by atoms with Crippen molar-refractivity contribution in [3.05, 3.63) is 43.0 Å². The fourth-order valence-corrected chi connectivity index (χ4v) is 3.71. The average Bonchev–Trinajstić information content (AvgIpc) is 2.87. The van der Waals surface area contributed by atoms with E-state index in [0.29, 0.717) is 12.1 Å². The number of amides is 1. The summed E-state index contributed by atoms with van der Waals surface area (Å²) in [6.07, 6.45) is 0. The maximum Gasteiger partial charge on any atom is 0.249 e. The summed E-state index contributed by atoms with van der Waals surface area (Å²) in [6, 6.07) is 5.62. The van der Waals surface area contributed by atoms with E-state index in [0.717, 1.165) is 25.3 Å². The van der Waals surface area contributed by atoms with Crippen LogP contribution in [0.4, 0.5) is 5.69 Å². The summed E-state index contributed by atoms with van der Waals surface area (Å²) in [5.41, 5.74) is 6.69.